The van der Waals surface area contributed by atoms with Gasteiger partial charge >= 0.3 is 0 Å². The summed E-state index contributed by atoms with van der Waals surface area (Å²) in [7, 11) is 6.34. The maximum Gasteiger partial charge on any atom is 0.164 e. The Morgan fingerprint density at radius 1 is 1.25 bits per heavy atom. The Morgan fingerprint density at radius 3 is 2.72 bits per heavy atom. The van der Waals surface area contributed by atoms with Gasteiger partial charge in [-0.05, 0) is 82.8 Å². The van der Waals surface area contributed by atoms with Crippen molar-refractivity contribution in [2.24, 2.45) is 0 Å². The van der Waals surface area contributed by atoms with Crippen molar-refractivity contribution >= 4 is 16.9 Å². The van der Waals surface area contributed by atoms with Crippen molar-refractivity contribution < 1.29 is 6.22 Å². The molecule has 2 heterocycles. The van der Waals surface area contributed by atoms with Crippen molar-refractivity contribution in [3.05, 3.63) is 88.4 Å². The number of fused-ring (bicyclic) bond motifs is 3. The van der Waals surface area contributed by atoms with Crippen LogP contribution in [0.3, 0.4) is 0 Å². The molecule has 1 N–H and O–H groups in total. The van der Waals surface area contributed by atoms with Gasteiger partial charge in [0.15, 0.2) is 5.78 Å². The maximum atomic E-state index is 12.9. The Kier molecular flexibility index (Phi) is 6.71. The molecule has 5 nitrogen and oxygen atoms in total. The second-order valence-corrected chi connectivity index (χ2v) is 10.8. The van der Waals surface area contributed by atoms with Crippen molar-refractivity contribution in [1.29, 1.82) is 0 Å². The molecule has 3 aliphatic rings. The van der Waals surface area contributed by atoms with Crippen LogP contribution in [0.4, 0.5) is 0 Å². The highest BCUT2D eigenvalue weighted by molar-refractivity contribution is 6.03. The van der Waals surface area contributed by atoms with Crippen LogP contribution in [0.15, 0.2) is 54.9 Å². The van der Waals surface area contributed by atoms with E-state index in [0.717, 1.165) is 73.5 Å². The lowest BCUT2D eigenvalue weighted by Gasteiger charge is -2.38. The van der Waals surface area contributed by atoms with E-state index in [9.17, 15) is 4.79 Å². The molecule has 2 aromatic rings. The summed E-state index contributed by atoms with van der Waals surface area (Å²) < 4.78 is 0. The number of hydrogen-bond acceptors (Lipinski definition) is 5. The van der Waals surface area contributed by atoms with Gasteiger partial charge in [-0.1, -0.05) is 30.9 Å². The van der Waals surface area contributed by atoms with E-state index in [2.05, 4.69) is 80.1 Å². The summed E-state index contributed by atoms with van der Waals surface area (Å²) in [5.41, 5.74) is 10.3. The molecule has 1 aliphatic heterocycles. The Hall–Kier alpha value is -3.02. The van der Waals surface area contributed by atoms with Crippen molar-refractivity contribution in [2.45, 2.75) is 38.0 Å². The van der Waals surface area contributed by atoms with Crippen LogP contribution in [0, 0.1) is 0 Å². The number of aromatic nitrogens is 1. The number of likely N-dealkylation sites (tertiary alicyclic amines) is 1. The van der Waals surface area contributed by atoms with E-state index in [1.165, 1.54) is 22.3 Å². The molecular formula is C31H40N4O. The van der Waals surface area contributed by atoms with E-state index in [1.54, 1.807) is 0 Å². The van der Waals surface area contributed by atoms with Gasteiger partial charge in [-0.25, -0.2) is 0 Å². The number of nitrogens with zero attached hydrogens (tertiary/aromatic N) is 3. The van der Waals surface area contributed by atoms with Crippen LogP contribution in [0.5, 0.6) is 0 Å². The smallest absolute Gasteiger partial charge is 0.164 e. The van der Waals surface area contributed by atoms with E-state index in [1.807, 2.05) is 12.3 Å². The van der Waals surface area contributed by atoms with E-state index in [0.29, 0.717) is 12.2 Å². The highest BCUT2D eigenvalue weighted by Crippen LogP contribution is 2.47. The van der Waals surface area contributed by atoms with E-state index in [-0.39, 0.29) is 6.84 Å². The molecule has 190 valence electrons. The molecule has 1 saturated heterocycles. The molecule has 0 bridgehead atoms. The molecule has 0 radical (unpaired) electrons. The third-order valence-electron chi connectivity index (χ3n) is 8.11. The number of likely N-dealkylation sites (N-methyl/N-ethyl adjacent to an activating group) is 2. The molecule has 1 fully saturated rings. The number of ketones is 1. The van der Waals surface area contributed by atoms with E-state index in [4.69, 9.17) is 4.98 Å². The fourth-order valence-electron chi connectivity index (χ4n) is 6.18. The zero-order valence-corrected chi connectivity index (χ0v) is 22.2. The zero-order chi connectivity index (χ0) is 25.4. The second kappa shape index (κ2) is 9.79. The van der Waals surface area contributed by atoms with Crippen LogP contribution in [0.2, 0.25) is 0 Å². The van der Waals surface area contributed by atoms with Crippen LogP contribution in [0.25, 0.3) is 11.1 Å². The van der Waals surface area contributed by atoms with Gasteiger partial charge in [0, 0.05) is 66.9 Å². The first-order valence-corrected chi connectivity index (χ1v) is 13.2. The summed E-state index contributed by atoms with van der Waals surface area (Å²) in [4.78, 5) is 22.3. The highest BCUT2D eigenvalue weighted by atomic mass is 16.1. The third-order valence-corrected chi connectivity index (χ3v) is 8.11. The first kappa shape index (κ1) is 24.7. The highest BCUT2D eigenvalue weighted by Gasteiger charge is 2.44. The normalized spacial score (nSPS) is 19.2. The summed E-state index contributed by atoms with van der Waals surface area (Å²) in [5.74, 6) is 0.309. The van der Waals surface area contributed by atoms with Crippen LogP contribution in [-0.2, 0) is 11.8 Å². The number of nitrogens with one attached hydrogen (secondary N) is 1. The predicted molar refractivity (Wildman–Crippen MR) is 150 cm³/mol. The molecule has 1 aromatic carbocycles. The SMILES string of the molecule is C=C/C(=C(/CN(C)C)NCC)c1cnc2c(c1)C(c1ccc3c(c1)C1(CCN(C)CC1)CC3=O)=CC2.[HH]. The average molecular weight is 485 g/mol. The molecule has 5 heteroatoms. The van der Waals surface area contributed by atoms with Gasteiger partial charge in [0.1, 0.15) is 0 Å². The number of pyridine rings is 1. The van der Waals surface area contributed by atoms with Gasteiger partial charge < -0.3 is 15.1 Å². The Labute approximate surface area is 217 Å². The molecule has 0 atom stereocenters. The average Bonchev–Trinajstić information content (AvgIpc) is 3.40. The number of rotatable bonds is 7. The third kappa shape index (κ3) is 4.35. The molecule has 0 unspecified atom stereocenters. The van der Waals surface area contributed by atoms with Crippen molar-refractivity contribution in [3.63, 3.8) is 0 Å². The molecule has 36 heavy (non-hydrogen) atoms. The van der Waals surface area contributed by atoms with Crippen molar-refractivity contribution in [1.82, 2.24) is 20.1 Å². The van der Waals surface area contributed by atoms with Crippen LogP contribution < -0.4 is 5.32 Å². The van der Waals surface area contributed by atoms with Gasteiger partial charge in [-0.15, -0.1) is 0 Å². The van der Waals surface area contributed by atoms with Crippen molar-refractivity contribution in [3.8, 4) is 0 Å². The first-order valence-electron chi connectivity index (χ1n) is 13.2. The zero-order valence-electron chi connectivity index (χ0n) is 22.2. The second-order valence-electron chi connectivity index (χ2n) is 10.8. The lowest BCUT2D eigenvalue weighted by Crippen LogP contribution is -2.39. The van der Waals surface area contributed by atoms with Gasteiger partial charge in [0.25, 0.3) is 0 Å². The molecular weight excluding hydrogens is 444 g/mol. The number of benzene rings is 1. The van der Waals surface area contributed by atoms with Gasteiger partial charge in [0.2, 0.25) is 0 Å². The number of allylic oxidation sites excluding steroid dienone is 3. The minimum Gasteiger partial charge on any atom is -0.387 e. The number of piperidine rings is 1. The van der Waals surface area contributed by atoms with E-state index < -0.39 is 0 Å². The van der Waals surface area contributed by atoms with Gasteiger partial charge in [-0.3, -0.25) is 9.78 Å². The fourth-order valence-corrected chi connectivity index (χ4v) is 6.18. The summed E-state index contributed by atoms with van der Waals surface area (Å²) in [6.07, 6.45) is 9.82. The molecule has 1 aromatic heterocycles. The Bertz CT molecular complexity index is 1270. The quantitative estimate of drug-likeness (QED) is 0.565. The van der Waals surface area contributed by atoms with Crippen molar-refractivity contribution in [2.75, 3.05) is 47.3 Å². The molecule has 0 saturated carbocycles. The van der Waals surface area contributed by atoms with E-state index >= 15 is 0 Å². The lowest BCUT2D eigenvalue weighted by atomic mass is 9.73. The number of carbonyl (C=O) groups excluding carboxylic acids is 1. The molecule has 2 aliphatic carbocycles. The number of carbonyl (C=O) groups is 1. The Morgan fingerprint density at radius 2 is 2.03 bits per heavy atom. The molecule has 0 amide bonds. The summed E-state index contributed by atoms with van der Waals surface area (Å²) >= 11 is 0. The molecule has 5 rings (SSSR count). The predicted octanol–water partition coefficient (Wildman–Crippen LogP) is 4.93. The summed E-state index contributed by atoms with van der Waals surface area (Å²) in [6.45, 7) is 10.0. The van der Waals surface area contributed by atoms with Gasteiger partial charge in [0.05, 0.1) is 5.69 Å². The molecule has 1 spiro atoms. The maximum absolute atomic E-state index is 12.9. The fraction of sp³-hybridized carbons (Fsp3) is 0.419. The number of hydrogen-bond donors (Lipinski definition) is 1. The number of Topliss-reactive ketones (excluding diaryl/α,β-unsaturated/α-hetero) is 1. The van der Waals surface area contributed by atoms with Crippen LogP contribution in [0.1, 0.15) is 65.9 Å². The minimum atomic E-state index is 0. The van der Waals surface area contributed by atoms with Crippen LogP contribution >= 0.6 is 0 Å². The lowest BCUT2D eigenvalue weighted by molar-refractivity contribution is 0.0945. The summed E-state index contributed by atoms with van der Waals surface area (Å²) in [6, 6.07) is 8.80. The topological polar surface area (TPSA) is 48.5 Å². The first-order chi connectivity index (χ1) is 17.3. The minimum absolute atomic E-state index is 0. The summed E-state index contributed by atoms with van der Waals surface area (Å²) in [5, 5.41) is 3.53. The Balaban J connectivity index is 0.00000320. The largest absolute Gasteiger partial charge is 0.387 e. The van der Waals surface area contributed by atoms with Gasteiger partial charge in [-0.2, -0.15) is 0 Å². The van der Waals surface area contributed by atoms with Crippen LogP contribution in [-0.4, -0.2) is 67.9 Å². The monoisotopic (exact) mass is 484 g/mol. The standard InChI is InChI=1S/C31H38N4O.H2/c1-6-23(29(32-7-2)20-34(3)4)22-16-26-24(10-11-28(26)33-19-22)21-8-9-25-27(17-21)31(18-30(25)36)12-14-35(5)15-13-31;/h6,8-10,16-17,19,32H,1,7,11-15,18,20H2,2-5H3;1H/b29-23+;.